The molecule has 0 saturated carbocycles. The van der Waals surface area contributed by atoms with Gasteiger partial charge in [0, 0.05) is 19.5 Å². The van der Waals surface area contributed by atoms with Crippen molar-refractivity contribution < 1.29 is 9.59 Å². The number of nitrogens with one attached hydrogen (secondary N) is 2. The second-order valence-electron chi connectivity index (χ2n) is 6.37. The number of aromatic nitrogens is 2. The fourth-order valence-electron chi connectivity index (χ4n) is 3.06. The molecule has 1 aliphatic rings. The number of para-hydroxylation sites is 1. The summed E-state index contributed by atoms with van der Waals surface area (Å²) in [6.07, 6.45) is 4.08. The SMILES string of the molecule is Cc1cccc2c(=O)n(CCC(=O)NC3CCCCNC3=O)cnc12. The summed E-state index contributed by atoms with van der Waals surface area (Å²) in [5.74, 6) is -0.371. The Bertz CT molecular complexity index is 859. The first kappa shape index (κ1) is 17.1. The minimum Gasteiger partial charge on any atom is -0.354 e. The molecule has 1 saturated heterocycles. The van der Waals surface area contributed by atoms with Crippen LogP contribution in [-0.4, -0.2) is 34.0 Å². The van der Waals surface area contributed by atoms with Gasteiger partial charge in [0.15, 0.2) is 0 Å². The Morgan fingerprint density at radius 1 is 1.36 bits per heavy atom. The molecule has 2 N–H and O–H groups in total. The number of benzene rings is 1. The van der Waals surface area contributed by atoms with Gasteiger partial charge in [0.05, 0.1) is 17.2 Å². The third-order valence-electron chi connectivity index (χ3n) is 4.51. The summed E-state index contributed by atoms with van der Waals surface area (Å²) in [6, 6.07) is 4.99. The highest BCUT2D eigenvalue weighted by atomic mass is 16.2. The van der Waals surface area contributed by atoms with Gasteiger partial charge in [-0.2, -0.15) is 0 Å². The molecule has 2 heterocycles. The van der Waals surface area contributed by atoms with Crippen molar-refractivity contribution in [2.24, 2.45) is 0 Å². The molecule has 1 atom stereocenters. The summed E-state index contributed by atoms with van der Waals surface area (Å²) in [6.45, 7) is 2.79. The Morgan fingerprint density at radius 2 is 2.20 bits per heavy atom. The third kappa shape index (κ3) is 3.87. The van der Waals surface area contributed by atoms with Gasteiger partial charge >= 0.3 is 0 Å². The fraction of sp³-hybridized carbons (Fsp3) is 0.444. The lowest BCUT2D eigenvalue weighted by Crippen LogP contribution is -2.45. The minimum atomic E-state index is -0.482. The highest BCUT2D eigenvalue weighted by molar-refractivity contribution is 5.87. The molecule has 132 valence electrons. The summed E-state index contributed by atoms with van der Waals surface area (Å²) in [5.41, 5.74) is 1.47. The molecule has 25 heavy (non-hydrogen) atoms. The Balaban J connectivity index is 1.66. The molecule has 1 aromatic heterocycles. The molecule has 0 aliphatic carbocycles. The van der Waals surface area contributed by atoms with Crippen molar-refractivity contribution in [2.75, 3.05) is 6.54 Å². The molecule has 0 spiro atoms. The number of carbonyl (C=O) groups is 2. The highest BCUT2D eigenvalue weighted by Gasteiger charge is 2.22. The molecule has 1 aliphatic heterocycles. The molecule has 1 unspecified atom stereocenters. The van der Waals surface area contributed by atoms with Gasteiger partial charge in [-0.15, -0.1) is 0 Å². The Hall–Kier alpha value is -2.70. The van der Waals surface area contributed by atoms with E-state index in [1.807, 2.05) is 19.1 Å². The number of carbonyl (C=O) groups excluding carboxylic acids is 2. The maximum absolute atomic E-state index is 12.5. The molecular formula is C18H22N4O3. The van der Waals surface area contributed by atoms with E-state index in [0.717, 1.165) is 18.4 Å². The maximum atomic E-state index is 12.5. The molecule has 3 rings (SSSR count). The summed E-state index contributed by atoms with van der Waals surface area (Å²) in [7, 11) is 0. The van der Waals surface area contributed by atoms with E-state index in [9.17, 15) is 14.4 Å². The first-order valence-corrected chi connectivity index (χ1v) is 8.58. The van der Waals surface area contributed by atoms with Crippen molar-refractivity contribution in [3.05, 3.63) is 40.4 Å². The summed E-state index contributed by atoms with van der Waals surface area (Å²) >= 11 is 0. The van der Waals surface area contributed by atoms with E-state index in [1.165, 1.54) is 10.9 Å². The minimum absolute atomic E-state index is 0.128. The average Bonchev–Trinajstić information content (AvgIpc) is 2.80. The Kier molecular flexibility index (Phi) is 5.11. The van der Waals surface area contributed by atoms with Crippen molar-refractivity contribution >= 4 is 22.7 Å². The Labute approximate surface area is 145 Å². The lowest BCUT2D eigenvalue weighted by Gasteiger charge is -2.15. The van der Waals surface area contributed by atoms with E-state index in [2.05, 4.69) is 15.6 Å². The van der Waals surface area contributed by atoms with Gasteiger partial charge in [-0.1, -0.05) is 12.1 Å². The predicted molar refractivity (Wildman–Crippen MR) is 94.1 cm³/mol. The number of hydrogen-bond donors (Lipinski definition) is 2. The lowest BCUT2D eigenvalue weighted by molar-refractivity contribution is -0.128. The zero-order chi connectivity index (χ0) is 17.8. The van der Waals surface area contributed by atoms with Crippen LogP contribution in [-0.2, 0) is 16.1 Å². The van der Waals surface area contributed by atoms with Gasteiger partial charge in [-0.25, -0.2) is 4.98 Å². The first-order valence-electron chi connectivity index (χ1n) is 8.58. The first-order chi connectivity index (χ1) is 12.1. The van der Waals surface area contributed by atoms with Crippen molar-refractivity contribution in [1.29, 1.82) is 0 Å². The van der Waals surface area contributed by atoms with Crippen molar-refractivity contribution in [1.82, 2.24) is 20.2 Å². The van der Waals surface area contributed by atoms with Crippen LogP contribution in [0.5, 0.6) is 0 Å². The summed E-state index contributed by atoms with van der Waals surface area (Å²) in [4.78, 5) is 40.8. The van der Waals surface area contributed by atoms with E-state index in [1.54, 1.807) is 6.07 Å². The largest absolute Gasteiger partial charge is 0.354 e. The van der Waals surface area contributed by atoms with Gasteiger partial charge in [0.2, 0.25) is 11.8 Å². The smallest absolute Gasteiger partial charge is 0.261 e. The second kappa shape index (κ2) is 7.46. The van der Waals surface area contributed by atoms with Gasteiger partial charge in [0.25, 0.3) is 5.56 Å². The van der Waals surface area contributed by atoms with E-state index >= 15 is 0 Å². The normalized spacial score (nSPS) is 17.8. The quantitative estimate of drug-likeness (QED) is 0.863. The van der Waals surface area contributed by atoms with Crippen LogP contribution in [0.4, 0.5) is 0 Å². The fourth-order valence-corrected chi connectivity index (χ4v) is 3.06. The molecule has 1 fully saturated rings. The van der Waals surface area contributed by atoms with Crippen LogP contribution >= 0.6 is 0 Å². The molecule has 7 heteroatoms. The van der Waals surface area contributed by atoms with Crippen LogP contribution in [0.15, 0.2) is 29.3 Å². The van der Waals surface area contributed by atoms with Gasteiger partial charge < -0.3 is 10.6 Å². The number of aryl methyl sites for hydroxylation is 2. The zero-order valence-electron chi connectivity index (χ0n) is 14.2. The van der Waals surface area contributed by atoms with Gasteiger partial charge in [0.1, 0.15) is 6.04 Å². The second-order valence-corrected chi connectivity index (χ2v) is 6.37. The predicted octanol–water partition coefficient (Wildman–Crippen LogP) is 0.880. The number of hydrogen-bond acceptors (Lipinski definition) is 4. The topological polar surface area (TPSA) is 93.1 Å². The lowest BCUT2D eigenvalue weighted by atomic mass is 10.1. The number of rotatable bonds is 4. The standard InChI is InChI=1S/C18H22N4O3/c1-12-5-4-6-13-16(12)20-11-22(18(13)25)10-8-15(23)21-14-7-2-3-9-19-17(14)24/h4-6,11,14H,2-3,7-10H2,1H3,(H,19,24)(H,21,23). The van der Waals surface area contributed by atoms with Crippen LogP contribution in [0.1, 0.15) is 31.2 Å². The summed E-state index contributed by atoms with van der Waals surface area (Å²) < 4.78 is 1.44. The van der Waals surface area contributed by atoms with Gasteiger partial charge in [-0.3, -0.25) is 19.0 Å². The maximum Gasteiger partial charge on any atom is 0.261 e. The van der Waals surface area contributed by atoms with Crippen LogP contribution in [0.3, 0.4) is 0 Å². The molecule has 1 aromatic carbocycles. The number of amides is 2. The van der Waals surface area contributed by atoms with Crippen LogP contribution in [0, 0.1) is 6.92 Å². The van der Waals surface area contributed by atoms with Crippen molar-refractivity contribution in [3.8, 4) is 0 Å². The van der Waals surface area contributed by atoms with E-state index in [-0.39, 0.29) is 30.3 Å². The molecule has 0 bridgehead atoms. The molecule has 7 nitrogen and oxygen atoms in total. The third-order valence-corrected chi connectivity index (χ3v) is 4.51. The molecule has 2 aromatic rings. The van der Waals surface area contributed by atoms with Crippen LogP contribution in [0.2, 0.25) is 0 Å². The van der Waals surface area contributed by atoms with E-state index in [4.69, 9.17) is 0 Å². The average molecular weight is 342 g/mol. The molecular weight excluding hydrogens is 320 g/mol. The van der Waals surface area contributed by atoms with E-state index < -0.39 is 6.04 Å². The van der Waals surface area contributed by atoms with Crippen molar-refractivity contribution in [3.63, 3.8) is 0 Å². The molecule has 2 amide bonds. The zero-order valence-corrected chi connectivity index (χ0v) is 14.2. The van der Waals surface area contributed by atoms with Gasteiger partial charge in [-0.05, 0) is 37.8 Å². The summed E-state index contributed by atoms with van der Waals surface area (Å²) in [5, 5.41) is 6.09. The van der Waals surface area contributed by atoms with Crippen molar-refractivity contribution in [2.45, 2.75) is 45.2 Å². The van der Waals surface area contributed by atoms with Crippen LogP contribution in [0.25, 0.3) is 10.9 Å². The molecule has 0 radical (unpaired) electrons. The number of nitrogens with zero attached hydrogens (tertiary/aromatic N) is 2. The number of fused-ring (bicyclic) bond motifs is 1. The van der Waals surface area contributed by atoms with Crippen LogP contribution < -0.4 is 16.2 Å². The highest BCUT2D eigenvalue weighted by Crippen LogP contribution is 2.11. The van der Waals surface area contributed by atoms with E-state index in [0.29, 0.717) is 23.9 Å². The monoisotopic (exact) mass is 342 g/mol. The Morgan fingerprint density at radius 3 is 3.04 bits per heavy atom.